The fourth-order valence-corrected chi connectivity index (χ4v) is 5.34. The number of anilines is 3. The smallest absolute Gasteiger partial charge is 0.222 e. The summed E-state index contributed by atoms with van der Waals surface area (Å²) in [4.78, 5) is 20.4. The fourth-order valence-electron chi connectivity index (χ4n) is 5.34. The first-order chi connectivity index (χ1) is 18.0. The fraction of sp³-hybridized carbons (Fsp3) is 0.357. The van der Waals surface area contributed by atoms with Crippen molar-refractivity contribution in [3.8, 4) is 11.3 Å². The van der Waals surface area contributed by atoms with E-state index in [-0.39, 0.29) is 0 Å². The van der Waals surface area contributed by atoms with Gasteiger partial charge in [0.05, 0.1) is 24.1 Å². The molecular formula is C28H33N9. The summed E-state index contributed by atoms with van der Waals surface area (Å²) in [7, 11) is 2.16. The molecule has 2 aliphatic heterocycles. The lowest BCUT2D eigenvalue weighted by Gasteiger charge is -2.40. The van der Waals surface area contributed by atoms with Gasteiger partial charge in [-0.3, -0.25) is 9.67 Å². The molecule has 37 heavy (non-hydrogen) atoms. The molecule has 2 aliphatic rings. The molecule has 9 heteroatoms. The lowest BCUT2D eigenvalue weighted by Crippen LogP contribution is -2.46. The molecule has 1 saturated heterocycles. The zero-order valence-electron chi connectivity index (χ0n) is 21.5. The summed E-state index contributed by atoms with van der Waals surface area (Å²) in [5, 5.41) is 4.84. The second kappa shape index (κ2) is 9.82. The highest BCUT2D eigenvalue weighted by atomic mass is 15.3. The van der Waals surface area contributed by atoms with Crippen LogP contribution in [0.4, 0.5) is 17.5 Å². The Balaban J connectivity index is 1.27. The normalized spacial score (nSPS) is 18.2. The van der Waals surface area contributed by atoms with Crippen LogP contribution in [-0.2, 0) is 19.5 Å². The highest BCUT2D eigenvalue weighted by molar-refractivity contribution is 5.70. The second-order valence-corrected chi connectivity index (χ2v) is 10.2. The van der Waals surface area contributed by atoms with Crippen molar-refractivity contribution in [3.63, 3.8) is 0 Å². The molecule has 4 aromatic rings. The van der Waals surface area contributed by atoms with Crippen LogP contribution in [-0.4, -0.2) is 68.9 Å². The largest absolute Gasteiger partial charge is 0.368 e. The summed E-state index contributed by atoms with van der Waals surface area (Å²) >= 11 is 0. The van der Waals surface area contributed by atoms with E-state index in [1.807, 2.05) is 29.3 Å². The van der Waals surface area contributed by atoms with Crippen molar-refractivity contribution in [1.29, 1.82) is 0 Å². The second-order valence-electron chi connectivity index (χ2n) is 10.2. The molecule has 3 aromatic heterocycles. The molecule has 6 rings (SSSR count). The van der Waals surface area contributed by atoms with Crippen LogP contribution in [0.1, 0.15) is 23.6 Å². The van der Waals surface area contributed by atoms with E-state index in [4.69, 9.17) is 15.8 Å². The molecule has 0 saturated carbocycles. The van der Waals surface area contributed by atoms with Crippen LogP contribution in [0.15, 0.2) is 61.2 Å². The zero-order valence-corrected chi connectivity index (χ0v) is 21.5. The molecule has 5 heterocycles. The minimum atomic E-state index is 0.326. The van der Waals surface area contributed by atoms with Crippen molar-refractivity contribution in [2.75, 3.05) is 48.8 Å². The monoisotopic (exact) mass is 495 g/mol. The van der Waals surface area contributed by atoms with Crippen LogP contribution in [0.3, 0.4) is 0 Å². The van der Waals surface area contributed by atoms with Crippen LogP contribution >= 0.6 is 0 Å². The van der Waals surface area contributed by atoms with Crippen LogP contribution in [0.5, 0.6) is 0 Å². The highest BCUT2D eigenvalue weighted by Crippen LogP contribution is 2.35. The number of hydrogen-bond donors (Lipinski definition) is 1. The summed E-state index contributed by atoms with van der Waals surface area (Å²) in [6.07, 6.45) is 8.58. The van der Waals surface area contributed by atoms with Gasteiger partial charge in [-0.15, -0.1) is 0 Å². The first kappa shape index (κ1) is 23.4. The Bertz CT molecular complexity index is 1380. The minimum Gasteiger partial charge on any atom is -0.368 e. The molecule has 2 N–H and O–H groups in total. The first-order valence-electron chi connectivity index (χ1n) is 12.9. The lowest BCUT2D eigenvalue weighted by molar-refractivity contribution is 0.312. The van der Waals surface area contributed by atoms with E-state index >= 15 is 0 Å². The van der Waals surface area contributed by atoms with Gasteiger partial charge in [-0.25, -0.2) is 4.98 Å². The summed E-state index contributed by atoms with van der Waals surface area (Å²) < 4.78 is 1.97. The molecule has 0 radical (unpaired) electrons. The van der Waals surface area contributed by atoms with E-state index in [2.05, 4.69) is 69.0 Å². The van der Waals surface area contributed by atoms with Crippen LogP contribution in [0, 0.1) is 0 Å². The molecular weight excluding hydrogens is 462 g/mol. The van der Waals surface area contributed by atoms with Gasteiger partial charge < -0.3 is 20.4 Å². The molecule has 0 bridgehead atoms. The Morgan fingerprint density at radius 3 is 2.70 bits per heavy atom. The number of nitrogens with zero attached hydrogens (tertiary/aromatic N) is 8. The Hall–Kier alpha value is -3.98. The minimum absolute atomic E-state index is 0.326. The van der Waals surface area contributed by atoms with Gasteiger partial charge in [0.2, 0.25) is 5.95 Å². The number of likely N-dealkylation sites (N-methyl/N-ethyl adjacent to an activating group) is 1. The topological polar surface area (TPSA) is 92.2 Å². The molecule has 1 atom stereocenters. The van der Waals surface area contributed by atoms with Gasteiger partial charge in [-0.05, 0) is 55.3 Å². The number of piperazine rings is 1. The number of hydrogen-bond acceptors (Lipinski definition) is 8. The number of fused-ring (bicyclic) bond motifs is 1. The number of pyridine rings is 1. The van der Waals surface area contributed by atoms with E-state index < -0.39 is 0 Å². The van der Waals surface area contributed by atoms with Gasteiger partial charge in [0.1, 0.15) is 0 Å². The quantitative estimate of drug-likeness (QED) is 0.452. The Labute approximate surface area is 217 Å². The average molecular weight is 496 g/mol. The predicted molar refractivity (Wildman–Crippen MR) is 147 cm³/mol. The SMILES string of the molecule is CC1Cc2ccc(-c3ccn(Cc4cccnc4)n3)cc2CN1c1cnc(N)nc1N1CCN(C)CC1. The number of nitrogens with two attached hydrogens (primary N) is 1. The molecule has 1 aromatic carbocycles. The maximum absolute atomic E-state index is 6.05. The highest BCUT2D eigenvalue weighted by Gasteiger charge is 2.29. The molecule has 0 amide bonds. The summed E-state index contributed by atoms with van der Waals surface area (Å²) in [5.41, 5.74) is 13.1. The van der Waals surface area contributed by atoms with Crippen molar-refractivity contribution in [1.82, 2.24) is 29.6 Å². The van der Waals surface area contributed by atoms with Gasteiger partial charge in [0.25, 0.3) is 0 Å². The molecule has 190 valence electrons. The van der Waals surface area contributed by atoms with Gasteiger partial charge in [0.15, 0.2) is 5.82 Å². The summed E-state index contributed by atoms with van der Waals surface area (Å²) in [5.74, 6) is 1.27. The average Bonchev–Trinajstić information content (AvgIpc) is 3.38. The van der Waals surface area contributed by atoms with Gasteiger partial charge in [-0.1, -0.05) is 18.2 Å². The third-order valence-corrected chi connectivity index (χ3v) is 7.48. The summed E-state index contributed by atoms with van der Waals surface area (Å²) in [6, 6.07) is 13.2. The molecule has 0 spiro atoms. The molecule has 1 unspecified atom stereocenters. The van der Waals surface area contributed by atoms with E-state index in [1.54, 1.807) is 6.20 Å². The van der Waals surface area contributed by atoms with Crippen molar-refractivity contribution < 1.29 is 0 Å². The van der Waals surface area contributed by atoms with Crippen molar-refractivity contribution in [2.45, 2.75) is 32.5 Å². The maximum atomic E-state index is 6.05. The van der Waals surface area contributed by atoms with Crippen LogP contribution < -0.4 is 15.5 Å². The van der Waals surface area contributed by atoms with Gasteiger partial charge in [0, 0.05) is 62.9 Å². The van der Waals surface area contributed by atoms with Gasteiger partial charge in [-0.2, -0.15) is 10.1 Å². The maximum Gasteiger partial charge on any atom is 0.222 e. The standard InChI is InChI=1S/C28H33N9/c1-20-14-22-5-6-23(25-7-9-36(33-25)18-21-4-3-8-30-16-21)15-24(22)19-37(20)26-17-31-28(29)32-27(26)35-12-10-34(2)11-13-35/h3-9,15-17,20H,10-14,18-19H2,1-2H3,(H2,29,31,32). The van der Waals surface area contributed by atoms with E-state index in [0.717, 1.165) is 67.5 Å². The summed E-state index contributed by atoms with van der Waals surface area (Å²) in [6.45, 7) is 7.68. The van der Waals surface area contributed by atoms with Gasteiger partial charge >= 0.3 is 0 Å². The van der Waals surface area contributed by atoms with Crippen LogP contribution in [0.25, 0.3) is 11.3 Å². The van der Waals surface area contributed by atoms with Crippen molar-refractivity contribution in [2.24, 2.45) is 0 Å². The third kappa shape index (κ3) is 4.86. The first-order valence-corrected chi connectivity index (χ1v) is 12.9. The number of aromatic nitrogens is 5. The molecule has 9 nitrogen and oxygen atoms in total. The lowest BCUT2D eigenvalue weighted by atomic mass is 9.92. The number of benzene rings is 1. The molecule has 1 fully saturated rings. The predicted octanol–water partition coefficient (Wildman–Crippen LogP) is 3.07. The van der Waals surface area contributed by atoms with Crippen LogP contribution in [0.2, 0.25) is 0 Å². The number of rotatable bonds is 5. The third-order valence-electron chi connectivity index (χ3n) is 7.48. The Morgan fingerprint density at radius 1 is 1.03 bits per heavy atom. The van der Waals surface area contributed by atoms with Crippen molar-refractivity contribution >= 4 is 17.5 Å². The van der Waals surface area contributed by atoms with E-state index in [0.29, 0.717) is 18.5 Å². The zero-order chi connectivity index (χ0) is 25.4. The Kier molecular flexibility index (Phi) is 6.21. The van der Waals surface area contributed by atoms with Crippen molar-refractivity contribution in [3.05, 3.63) is 77.9 Å². The van der Waals surface area contributed by atoms with E-state index in [1.165, 1.54) is 11.1 Å². The van der Waals surface area contributed by atoms with E-state index in [9.17, 15) is 0 Å². The Morgan fingerprint density at radius 2 is 1.89 bits per heavy atom. The molecule has 0 aliphatic carbocycles. The number of nitrogen functional groups attached to an aromatic ring is 1.